The Kier molecular flexibility index (Phi) is 41.8. The molecule has 0 aliphatic rings. The van der Waals surface area contributed by atoms with E-state index in [0.29, 0.717) is 19.3 Å². The zero-order valence-electron chi connectivity index (χ0n) is 36.8. The number of aliphatic hydroxyl groups excluding tert-OH is 2. The number of hydrogen-bond acceptors (Lipinski definition) is 5. The molecule has 6 nitrogen and oxygen atoms in total. The van der Waals surface area contributed by atoms with Crippen molar-refractivity contribution in [2.45, 2.75) is 238 Å². The third kappa shape index (κ3) is 38.4. The monoisotopic (exact) mass is 784 g/mol. The second kappa shape index (κ2) is 43.7. The largest absolute Gasteiger partial charge is 0.458 e. The molecule has 0 radical (unpaired) electrons. The van der Waals surface area contributed by atoms with Crippen LogP contribution in [-0.2, 0) is 14.3 Å². The molecule has 0 aromatic heterocycles. The number of rotatable bonds is 41. The van der Waals surface area contributed by atoms with E-state index in [2.05, 4.69) is 74.7 Å². The van der Waals surface area contributed by atoms with Crippen LogP contribution in [0, 0.1) is 0 Å². The highest BCUT2D eigenvalue weighted by molar-refractivity contribution is 5.78. The van der Waals surface area contributed by atoms with Gasteiger partial charge in [0.25, 0.3) is 0 Å². The minimum absolute atomic E-state index is 0.0452. The van der Waals surface area contributed by atoms with Crippen LogP contribution in [0.25, 0.3) is 0 Å². The lowest BCUT2D eigenvalue weighted by molar-refractivity contribution is -0.148. The molecule has 56 heavy (non-hydrogen) atoms. The number of carbonyl (C=O) groups excluding carboxylic acids is 2. The Morgan fingerprint density at radius 1 is 0.536 bits per heavy atom. The fourth-order valence-corrected chi connectivity index (χ4v) is 6.80. The summed E-state index contributed by atoms with van der Waals surface area (Å²) >= 11 is 0. The number of ether oxygens (including phenoxy) is 1. The molecule has 3 N–H and O–H groups in total. The predicted molar refractivity (Wildman–Crippen MR) is 241 cm³/mol. The van der Waals surface area contributed by atoms with Gasteiger partial charge in [0.1, 0.15) is 6.10 Å². The average molecular weight is 784 g/mol. The molecular weight excluding hydrogens is 695 g/mol. The van der Waals surface area contributed by atoms with Crippen LogP contribution in [0.1, 0.15) is 220 Å². The van der Waals surface area contributed by atoms with Crippen molar-refractivity contribution < 1.29 is 24.5 Å². The van der Waals surface area contributed by atoms with Gasteiger partial charge in [-0.1, -0.05) is 217 Å². The highest BCUT2D eigenvalue weighted by Gasteiger charge is 2.23. The summed E-state index contributed by atoms with van der Waals surface area (Å²) in [5, 5.41) is 23.6. The van der Waals surface area contributed by atoms with Crippen molar-refractivity contribution in [2.24, 2.45) is 0 Å². The standard InChI is InChI=1S/C50H89NO5/c1-4-7-10-13-16-19-22-24-26-27-29-32-35-38-41-46(56-50(55)43-40-37-34-31-21-18-15-12-9-6-3)44-49(54)51-47(45-52)48(53)42-39-36-33-30-28-25-23-20-17-14-11-8-5-2/h7,10,16,19,24,26,29,32,38,41,46-48,52-53H,4-6,8-9,11-15,17-18,20-23,25,27-28,30-31,33-37,39-40,42-45H2,1-3H3,(H,51,54)/b10-7+,19-16+,26-24+,32-29+,41-38+. The quantitative estimate of drug-likeness (QED) is 0.0326. The number of allylic oxidation sites excluding steroid dienone is 9. The topological polar surface area (TPSA) is 95.9 Å². The van der Waals surface area contributed by atoms with Crippen LogP contribution < -0.4 is 5.32 Å². The fourth-order valence-electron chi connectivity index (χ4n) is 6.80. The first-order valence-corrected chi connectivity index (χ1v) is 23.5. The van der Waals surface area contributed by atoms with Crippen LogP contribution in [0.2, 0.25) is 0 Å². The van der Waals surface area contributed by atoms with Gasteiger partial charge in [-0.15, -0.1) is 0 Å². The predicted octanol–water partition coefficient (Wildman–Crippen LogP) is 13.7. The van der Waals surface area contributed by atoms with Gasteiger partial charge in [0, 0.05) is 6.42 Å². The molecule has 0 aliphatic carbocycles. The van der Waals surface area contributed by atoms with E-state index in [4.69, 9.17) is 4.74 Å². The van der Waals surface area contributed by atoms with Crippen molar-refractivity contribution in [1.82, 2.24) is 5.32 Å². The van der Waals surface area contributed by atoms with Gasteiger partial charge >= 0.3 is 5.97 Å². The van der Waals surface area contributed by atoms with Crippen LogP contribution in [0.3, 0.4) is 0 Å². The van der Waals surface area contributed by atoms with Crippen LogP contribution >= 0.6 is 0 Å². The van der Waals surface area contributed by atoms with E-state index in [-0.39, 0.29) is 24.9 Å². The smallest absolute Gasteiger partial charge is 0.306 e. The SMILES string of the molecule is CC/C=C/C/C=C/C/C=C/C/C=C/C/C=C/C(CC(=O)NC(CO)C(O)CCCCCCCCCCCCCCC)OC(=O)CCCCCCCCCCCC. The maximum absolute atomic E-state index is 13.1. The minimum atomic E-state index is -0.817. The fraction of sp³-hybridized carbons (Fsp3) is 0.760. The number of amides is 1. The zero-order chi connectivity index (χ0) is 41.0. The molecule has 3 unspecified atom stereocenters. The molecule has 1 amide bonds. The molecule has 0 saturated heterocycles. The average Bonchev–Trinajstić information content (AvgIpc) is 3.19. The number of esters is 1. The first kappa shape index (κ1) is 53.6. The van der Waals surface area contributed by atoms with Gasteiger partial charge in [0.05, 0.1) is 25.2 Å². The van der Waals surface area contributed by atoms with E-state index in [1.165, 1.54) is 109 Å². The summed E-state index contributed by atoms with van der Waals surface area (Å²) < 4.78 is 5.79. The van der Waals surface area contributed by atoms with Crippen molar-refractivity contribution in [3.8, 4) is 0 Å². The Hall–Kier alpha value is -2.44. The number of aliphatic hydroxyl groups is 2. The first-order valence-electron chi connectivity index (χ1n) is 23.5. The van der Waals surface area contributed by atoms with E-state index < -0.39 is 18.2 Å². The van der Waals surface area contributed by atoms with E-state index in [1.54, 1.807) is 6.08 Å². The molecule has 0 bridgehead atoms. The number of nitrogens with one attached hydrogen (secondary N) is 1. The molecule has 0 aromatic rings. The van der Waals surface area contributed by atoms with Crippen LogP contribution in [0.4, 0.5) is 0 Å². The van der Waals surface area contributed by atoms with E-state index in [0.717, 1.165) is 64.2 Å². The van der Waals surface area contributed by atoms with E-state index in [1.807, 2.05) is 6.08 Å². The minimum Gasteiger partial charge on any atom is -0.458 e. The third-order valence-electron chi connectivity index (χ3n) is 10.4. The number of carbonyl (C=O) groups is 2. The van der Waals surface area contributed by atoms with Gasteiger partial charge in [0.2, 0.25) is 5.91 Å². The van der Waals surface area contributed by atoms with Crippen molar-refractivity contribution >= 4 is 11.9 Å². The van der Waals surface area contributed by atoms with Gasteiger partial charge in [-0.25, -0.2) is 0 Å². The van der Waals surface area contributed by atoms with Crippen LogP contribution in [-0.4, -0.2) is 46.9 Å². The lowest BCUT2D eigenvalue weighted by atomic mass is 10.0. The normalized spacial score (nSPS) is 13.9. The Bertz CT molecular complexity index is 1010. The maximum atomic E-state index is 13.1. The molecule has 324 valence electrons. The first-order chi connectivity index (χ1) is 27.5. The maximum Gasteiger partial charge on any atom is 0.306 e. The zero-order valence-corrected chi connectivity index (χ0v) is 36.8. The summed E-state index contributed by atoms with van der Waals surface area (Å²) in [6.45, 7) is 6.31. The summed E-state index contributed by atoms with van der Waals surface area (Å²) in [5.41, 5.74) is 0. The van der Waals surface area contributed by atoms with Crippen molar-refractivity contribution in [3.05, 3.63) is 60.8 Å². The number of unbranched alkanes of at least 4 members (excludes halogenated alkanes) is 21. The Morgan fingerprint density at radius 2 is 0.929 bits per heavy atom. The summed E-state index contributed by atoms with van der Waals surface area (Å²) in [4.78, 5) is 25.9. The summed E-state index contributed by atoms with van der Waals surface area (Å²) in [5.74, 6) is -0.629. The summed E-state index contributed by atoms with van der Waals surface area (Å²) in [6, 6.07) is -0.740. The summed E-state index contributed by atoms with van der Waals surface area (Å²) in [6.07, 6.45) is 53.1. The van der Waals surface area contributed by atoms with Crippen molar-refractivity contribution in [2.75, 3.05) is 6.61 Å². The van der Waals surface area contributed by atoms with Crippen LogP contribution in [0.15, 0.2) is 60.8 Å². The van der Waals surface area contributed by atoms with Gasteiger partial charge in [0.15, 0.2) is 0 Å². The van der Waals surface area contributed by atoms with E-state index >= 15 is 0 Å². The molecule has 0 aromatic carbocycles. The second-order valence-electron chi connectivity index (χ2n) is 15.8. The van der Waals surface area contributed by atoms with Gasteiger partial charge < -0.3 is 20.3 Å². The molecule has 0 aliphatic heterocycles. The second-order valence-corrected chi connectivity index (χ2v) is 15.8. The Balaban J connectivity index is 4.74. The lowest BCUT2D eigenvalue weighted by Gasteiger charge is -2.23. The van der Waals surface area contributed by atoms with Crippen molar-refractivity contribution in [1.29, 1.82) is 0 Å². The highest BCUT2D eigenvalue weighted by atomic mass is 16.5. The van der Waals surface area contributed by atoms with Gasteiger partial charge in [-0.2, -0.15) is 0 Å². The van der Waals surface area contributed by atoms with E-state index in [9.17, 15) is 19.8 Å². The Labute approximate surface area is 346 Å². The summed E-state index contributed by atoms with van der Waals surface area (Å²) in [7, 11) is 0. The van der Waals surface area contributed by atoms with Gasteiger partial charge in [-0.3, -0.25) is 9.59 Å². The molecule has 6 heteroatoms. The third-order valence-corrected chi connectivity index (χ3v) is 10.4. The number of hydrogen-bond donors (Lipinski definition) is 3. The van der Waals surface area contributed by atoms with Crippen LogP contribution in [0.5, 0.6) is 0 Å². The Morgan fingerprint density at radius 3 is 1.36 bits per heavy atom. The molecule has 0 saturated carbocycles. The highest BCUT2D eigenvalue weighted by Crippen LogP contribution is 2.16. The molecule has 0 spiro atoms. The molecule has 0 heterocycles. The molecular formula is C50H89NO5. The van der Waals surface area contributed by atoms with Gasteiger partial charge in [-0.05, 0) is 51.0 Å². The molecule has 0 rings (SSSR count). The lowest BCUT2D eigenvalue weighted by Crippen LogP contribution is -2.46. The van der Waals surface area contributed by atoms with Crippen molar-refractivity contribution in [3.63, 3.8) is 0 Å². The molecule has 3 atom stereocenters. The molecule has 0 fully saturated rings.